The highest BCUT2D eigenvalue weighted by Gasteiger charge is 2.17. The first-order valence-corrected chi connectivity index (χ1v) is 7.23. The van der Waals surface area contributed by atoms with Gasteiger partial charge >= 0.3 is 0 Å². The number of nitrogens with one attached hydrogen (secondary N) is 1. The average Bonchev–Trinajstić information content (AvgIpc) is 2.60. The molecule has 0 saturated carbocycles. The lowest BCUT2D eigenvalue weighted by Gasteiger charge is -2.09. The molecule has 96 valence electrons. The van der Waals surface area contributed by atoms with Crippen molar-refractivity contribution < 1.29 is 8.42 Å². The van der Waals surface area contributed by atoms with Crippen molar-refractivity contribution in [2.45, 2.75) is 4.90 Å². The Morgan fingerprint density at radius 2 is 2.17 bits per heavy atom. The normalized spacial score (nSPS) is 11.4. The van der Waals surface area contributed by atoms with Gasteiger partial charge in [0, 0.05) is 11.5 Å². The monoisotopic (exact) mass is 330 g/mol. The Morgan fingerprint density at radius 1 is 1.44 bits per heavy atom. The third-order valence-electron chi connectivity index (χ3n) is 2.30. The first-order valence-electron chi connectivity index (χ1n) is 4.96. The first-order chi connectivity index (χ1) is 8.40. The smallest absolute Gasteiger partial charge is 0.263 e. The fourth-order valence-electron chi connectivity index (χ4n) is 1.40. The summed E-state index contributed by atoms with van der Waals surface area (Å²) >= 11 is 3.23. The number of halogens is 1. The summed E-state index contributed by atoms with van der Waals surface area (Å²) in [5.74, 6) is 0.245. The van der Waals surface area contributed by atoms with Crippen LogP contribution < -0.4 is 10.5 Å². The second-order valence-corrected chi connectivity index (χ2v) is 6.23. The summed E-state index contributed by atoms with van der Waals surface area (Å²) in [5, 5.41) is 3.87. The van der Waals surface area contributed by atoms with Crippen LogP contribution in [0.2, 0.25) is 0 Å². The summed E-state index contributed by atoms with van der Waals surface area (Å²) in [4.78, 5) is 0.150. The lowest BCUT2D eigenvalue weighted by Crippen LogP contribution is -2.16. The molecular formula is C10H11BrN4O2S. The van der Waals surface area contributed by atoms with Gasteiger partial charge in [-0.3, -0.25) is 9.40 Å². The molecule has 0 aliphatic rings. The zero-order valence-electron chi connectivity index (χ0n) is 9.46. The summed E-state index contributed by atoms with van der Waals surface area (Å²) in [7, 11) is -2.07. The second kappa shape index (κ2) is 4.62. The Morgan fingerprint density at radius 3 is 2.72 bits per heavy atom. The fraction of sp³-hybridized carbons (Fsp3) is 0.100. The molecule has 1 aromatic carbocycles. The molecule has 1 heterocycles. The number of rotatable bonds is 3. The van der Waals surface area contributed by atoms with E-state index >= 15 is 0 Å². The van der Waals surface area contributed by atoms with Crippen molar-refractivity contribution in [3.8, 4) is 0 Å². The maximum Gasteiger partial charge on any atom is 0.263 e. The van der Waals surface area contributed by atoms with Crippen LogP contribution in [-0.2, 0) is 17.1 Å². The van der Waals surface area contributed by atoms with E-state index < -0.39 is 10.0 Å². The SMILES string of the molecule is Cn1ncc(N)c1NS(=O)(=O)c1cccc(Br)c1. The standard InChI is InChI=1S/C10H11BrN4O2S/c1-15-10(9(12)6-13-15)14-18(16,17)8-4-2-3-7(11)5-8/h2-6,14H,12H2,1H3. The molecule has 2 rings (SSSR count). The average molecular weight is 331 g/mol. The number of hydrogen-bond acceptors (Lipinski definition) is 4. The van der Waals surface area contributed by atoms with Gasteiger partial charge in [0.25, 0.3) is 10.0 Å². The van der Waals surface area contributed by atoms with Crippen LogP contribution in [0.1, 0.15) is 0 Å². The van der Waals surface area contributed by atoms with Crippen molar-refractivity contribution in [3.63, 3.8) is 0 Å². The van der Waals surface area contributed by atoms with E-state index in [0.717, 1.165) is 0 Å². The molecule has 2 aromatic rings. The number of hydrogen-bond donors (Lipinski definition) is 2. The Kier molecular flexibility index (Phi) is 3.31. The molecule has 8 heteroatoms. The number of aryl methyl sites for hydroxylation is 1. The van der Waals surface area contributed by atoms with Gasteiger partial charge in [-0.2, -0.15) is 5.10 Å². The minimum Gasteiger partial charge on any atom is -0.394 e. The molecule has 0 saturated heterocycles. The predicted octanol–water partition coefficient (Wildman–Crippen LogP) is 1.57. The van der Waals surface area contributed by atoms with Crippen LogP contribution in [-0.4, -0.2) is 18.2 Å². The van der Waals surface area contributed by atoms with E-state index in [1.54, 1.807) is 19.2 Å². The van der Waals surface area contributed by atoms with Crippen LogP contribution in [0.3, 0.4) is 0 Å². The van der Waals surface area contributed by atoms with Crippen LogP contribution in [0, 0.1) is 0 Å². The summed E-state index contributed by atoms with van der Waals surface area (Å²) in [6, 6.07) is 6.40. The molecule has 0 aliphatic heterocycles. The van der Waals surface area contributed by atoms with Gasteiger partial charge in [0.05, 0.1) is 16.8 Å². The number of nitrogens with zero attached hydrogens (tertiary/aromatic N) is 2. The molecule has 1 aromatic heterocycles. The lowest BCUT2D eigenvalue weighted by atomic mass is 10.4. The highest BCUT2D eigenvalue weighted by Crippen LogP contribution is 2.22. The Hall–Kier alpha value is -1.54. The zero-order chi connectivity index (χ0) is 13.3. The van der Waals surface area contributed by atoms with Crippen LogP contribution in [0.4, 0.5) is 11.5 Å². The third-order valence-corrected chi connectivity index (χ3v) is 4.13. The lowest BCUT2D eigenvalue weighted by molar-refractivity contribution is 0.600. The topological polar surface area (TPSA) is 90.0 Å². The van der Waals surface area contributed by atoms with E-state index in [0.29, 0.717) is 4.47 Å². The second-order valence-electron chi connectivity index (χ2n) is 3.63. The van der Waals surface area contributed by atoms with E-state index in [2.05, 4.69) is 25.8 Å². The third kappa shape index (κ3) is 2.49. The Labute approximate surface area is 113 Å². The van der Waals surface area contributed by atoms with Gasteiger partial charge < -0.3 is 5.73 Å². The number of aromatic nitrogens is 2. The van der Waals surface area contributed by atoms with Gasteiger partial charge in [0.2, 0.25) is 0 Å². The van der Waals surface area contributed by atoms with Crippen molar-refractivity contribution >= 4 is 37.5 Å². The molecule has 0 aliphatic carbocycles. The van der Waals surface area contributed by atoms with Gasteiger partial charge in [0.1, 0.15) is 0 Å². The highest BCUT2D eigenvalue weighted by atomic mass is 79.9. The fourth-order valence-corrected chi connectivity index (χ4v) is 3.11. The number of nitrogen functional groups attached to an aromatic ring is 1. The van der Waals surface area contributed by atoms with Crippen molar-refractivity contribution in [2.75, 3.05) is 10.5 Å². The number of anilines is 2. The van der Waals surface area contributed by atoms with E-state index in [9.17, 15) is 8.42 Å². The van der Waals surface area contributed by atoms with Gasteiger partial charge in [-0.25, -0.2) is 8.42 Å². The molecule has 3 N–H and O–H groups in total. The molecule has 0 atom stereocenters. The summed E-state index contributed by atoms with van der Waals surface area (Å²) in [6.07, 6.45) is 1.39. The van der Waals surface area contributed by atoms with Gasteiger partial charge in [-0.1, -0.05) is 22.0 Å². The minimum absolute atomic E-state index is 0.150. The minimum atomic E-state index is -3.67. The molecule has 0 radical (unpaired) electrons. The van der Waals surface area contributed by atoms with Gasteiger partial charge in [-0.15, -0.1) is 0 Å². The predicted molar refractivity (Wildman–Crippen MR) is 72.6 cm³/mol. The van der Waals surface area contributed by atoms with Crippen molar-refractivity contribution in [1.29, 1.82) is 0 Å². The maximum absolute atomic E-state index is 12.1. The van der Waals surface area contributed by atoms with Gasteiger partial charge in [-0.05, 0) is 18.2 Å². The van der Waals surface area contributed by atoms with Crippen molar-refractivity contribution in [3.05, 3.63) is 34.9 Å². The number of benzene rings is 1. The van der Waals surface area contributed by atoms with Crippen LogP contribution in [0.5, 0.6) is 0 Å². The van der Waals surface area contributed by atoms with Crippen molar-refractivity contribution in [2.24, 2.45) is 7.05 Å². The quantitative estimate of drug-likeness (QED) is 0.893. The van der Waals surface area contributed by atoms with Crippen LogP contribution in [0.25, 0.3) is 0 Å². The van der Waals surface area contributed by atoms with Gasteiger partial charge in [0.15, 0.2) is 5.82 Å². The Bertz CT molecular complexity index is 661. The van der Waals surface area contributed by atoms with Crippen LogP contribution >= 0.6 is 15.9 Å². The summed E-state index contributed by atoms with van der Waals surface area (Å²) < 4.78 is 28.7. The van der Waals surface area contributed by atoms with Crippen LogP contribution in [0.15, 0.2) is 39.8 Å². The Balaban J connectivity index is 2.39. The largest absolute Gasteiger partial charge is 0.394 e. The molecular weight excluding hydrogens is 320 g/mol. The molecule has 6 nitrogen and oxygen atoms in total. The zero-order valence-corrected chi connectivity index (χ0v) is 11.9. The molecule has 0 fully saturated rings. The number of sulfonamides is 1. The molecule has 18 heavy (non-hydrogen) atoms. The first kappa shape index (κ1) is 12.9. The number of nitrogens with two attached hydrogens (primary N) is 1. The summed E-state index contributed by atoms with van der Waals surface area (Å²) in [5.41, 5.74) is 5.91. The van der Waals surface area contributed by atoms with E-state index in [4.69, 9.17) is 5.73 Å². The van der Waals surface area contributed by atoms with E-state index in [1.807, 2.05) is 0 Å². The van der Waals surface area contributed by atoms with E-state index in [1.165, 1.54) is 23.0 Å². The van der Waals surface area contributed by atoms with E-state index in [-0.39, 0.29) is 16.4 Å². The maximum atomic E-state index is 12.1. The van der Waals surface area contributed by atoms with Crippen molar-refractivity contribution in [1.82, 2.24) is 9.78 Å². The highest BCUT2D eigenvalue weighted by molar-refractivity contribution is 9.10. The molecule has 0 unspecified atom stereocenters. The molecule has 0 bridgehead atoms. The summed E-state index contributed by atoms with van der Waals surface area (Å²) in [6.45, 7) is 0. The molecule has 0 spiro atoms. The molecule has 0 amide bonds.